The van der Waals surface area contributed by atoms with E-state index >= 15 is 0 Å². The average molecular weight is 423 g/mol. The normalized spacial score (nSPS) is 14.2. The van der Waals surface area contributed by atoms with E-state index in [1.165, 1.54) is 32.0 Å². The van der Waals surface area contributed by atoms with E-state index in [0.717, 1.165) is 0 Å². The van der Waals surface area contributed by atoms with E-state index in [1.807, 2.05) is 0 Å². The SMILES string of the molecule is CC(=O)Oc1ccc(CC(N)(C[C@H](C)OC(=O)C(C)(C)C)C(=O)O)cc1OC(C)=O. The molecule has 0 spiro atoms. The zero-order valence-corrected chi connectivity index (χ0v) is 18.1. The molecule has 0 saturated carbocycles. The van der Waals surface area contributed by atoms with E-state index in [2.05, 4.69) is 0 Å². The van der Waals surface area contributed by atoms with Crippen LogP contribution in [0.4, 0.5) is 0 Å². The van der Waals surface area contributed by atoms with Gasteiger partial charge in [-0.3, -0.25) is 19.2 Å². The summed E-state index contributed by atoms with van der Waals surface area (Å²) in [6.07, 6.45) is -1.03. The van der Waals surface area contributed by atoms with Crippen LogP contribution >= 0.6 is 0 Å². The van der Waals surface area contributed by atoms with Crippen LogP contribution in [0.1, 0.15) is 53.5 Å². The molecule has 1 unspecified atom stereocenters. The van der Waals surface area contributed by atoms with Crippen molar-refractivity contribution in [3.8, 4) is 11.5 Å². The Morgan fingerprint density at radius 3 is 2.03 bits per heavy atom. The highest BCUT2D eigenvalue weighted by Gasteiger charge is 2.38. The van der Waals surface area contributed by atoms with Crippen molar-refractivity contribution in [2.45, 2.75) is 66.0 Å². The number of esters is 3. The molecule has 9 nitrogen and oxygen atoms in total. The zero-order valence-electron chi connectivity index (χ0n) is 18.1. The highest BCUT2D eigenvalue weighted by Crippen LogP contribution is 2.31. The molecule has 2 atom stereocenters. The molecule has 0 radical (unpaired) electrons. The lowest BCUT2D eigenvalue weighted by molar-refractivity contribution is -0.160. The van der Waals surface area contributed by atoms with E-state index in [9.17, 15) is 24.3 Å². The van der Waals surface area contributed by atoms with Crippen molar-refractivity contribution in [3.05, 3.63) is 23.8 Å². The average Bonchev–Trinajstić information content (AvgIpc) is 2.55. The minimum atomic E-state index is -1.76. The Hall–Kier alpha value is -2.94. The minimum Gasteiger partial charge on any atom is -0.480 e. The number of rotatable bonds is 8. The lowest BCUT2D eigenvalue weighted by atomic mass is 9.86. The summed E-state index contributed by atoms with van der Waals surface area (Å²) in [6, 6.07) is 4.29. The van der Waals surface area contributed by atoms with Gasteiger partial charge in [0.2, 0.25) is 0 Å². The molecule has 0 aliphatic rings. The molecular formula is C21H29NO8. The number of carbonyl (C=O) groups is 4. The number of aliphatic carboxylic acids is 1. The molecule has 0 aliphatic carbocycles. The number of hydrogen-bond donors (Lipinski definition) is 2. The van der Waals surface area contributed by atoms with Crippen molar-refractivity contribution in [1.29, 1.82) is 0 Å². The molecule has 1 aromatic carbocycles. The van der Waals surface area contributed by atoms with Crippen LogP contribution in [-0.4, -0.2) is 40.6 Å². The monoisotopic (exact) mass is 423 g/mol. The van der Waals surface area contributed by atoms with Crippen molar-refractivity contribution in [3.63, 3.8) is 0 Å². The van der Waals surface area contributed by atoms with Gasteiger partial charge in [-0.1, -0.05) is 6.07 Å². The number of carboxylic acid groups (broad SMARTS) is 1. The summed E-state index contributed by atoms with van der Waals surface area (Å²) >= 11 is 0. The van der Waals surface area contributed by atoms with Crippen LogP contribution in [0, 0.1) is 5.41 Å². The van der Waals surface area contributed by atoms with Crippen LogP contribution in [0.25, 0.3) is 0 Å². The summed E-state index contributed by atoms with van der Waals surface area (Å²) in [4.78, 5) is 46.5. The fraction of sp³-hybridized carbons (Fsp3) is 0.524. The van der Waals surface area contributed by atoms with Gasteiger partial charge in [0.05, 0.1) is 5.41 Å². The zero-order chi connectivity index (χ0) is 23.3. The Bertz CT molecular complexity index is 827. The molecule has 0 aromatic heterocycles. The second-order valence-corrected chi connectivity index (χ2v) is 8.28. The number of nitrogens with two attached hydrogens (primary N) is 1. The molecular weight excluding hydrogens is 394 g/mol. The fourth-order valence-corrected chi connectivity index (χ4v) is 2.65. The second-order valence-electron chi connectivity index (χ2n) is 8.28. The predicted octanol–water partition coefficient (Wildman–Crippen LogP) is 2.23. The van der Waals surface area contributed by atoms with Gasteiger partial charge in [0.25, 0.3) is 0 Å². The number of carboxylic acids is 1. The molecule has 0 heterocycles. The molecule has 166 valence electrons. The van der Waals surface area contributed by atoms with E-state index in [1.54, 1.807) is 27.7 Å². The summed E-state index contributed by atoms with van der Waals surface area (Å²) in [5.74, 6) is -3.00. The van der Waals surface area contributed by atoms with E-state index in [0.29, 0.717) is 5.56 Å². The van der Waals surface area contributed by atoms with Gasteiger partial charge in [-0.2, -0.15) is 0 Å². The Kier molecular flexibility index (Phi) is 8.12. The van der Waals surface area contributed by atoms with Gasteiger partial charge in [-0.05, 0) is 45.4 Å². The lowest BCUT2D eigenvalue weighted by Gasteiger charge is -2.29. The van der Waals surface area contributed by atoms with Crippen LogP contribution in [-0.2, 0) is 30.3 Å². The first-order valence-corrected chi connectivity index (χ1v) is 9.37. The van der Waals surface area contributed by atoms with Crippen LogP contribution in [0.5, 0.6) is 11.5 Å². The molecule has 1 aromatic rings. The molecule has 0 aliphatic heterocycles. The van der Waals surface area contributed by atoms with Gasteiger partial charge >= 0.3 is 23.9 Å². The molecule has 1 rings (SSSR count). The summed E-state index contributed by atoms with van der Waals surface area (Å²) < 4.78 is 15.4. The molecule has 0 amide bonds. The van der Waals surface area contributed by atoms with Crippen molar-refractivity contribution >= 4 is 23.9 Å². The number of hydrogen-bond acceptors (Lipinski definition) is 8. The standard InChI is InChI=1S/C21H29NO8/c1-12(28-19(27)20(4,5)6)10-21(22,18(25)26)11-15-7-8-16(29-13(2)23)17(9-15)30-14(3)24/h7-9,12H,10-11,22H2,1-6H3,(H,25,26)/t12-,21?/m0/s1. The first-order chi connectivity index (χ1) is 13.6. The Morgan fingerprint density at radius 2 is 1.57 bits per heavy atom. The lowest BCUT2D eigenvalue weighted by Crippen LogP contribution is -2.52. The van der Waals surface area contributed by atoms with E-state index in [-0.39, 0.29) is 24.3 Å². The van der Waals surface area contributed by atoms with Crippen LogP contribution in [0.2, 0.25) is 0 Å². The Labute approximate surface area is 175 Å². The maximum Gasteiger partial charge on any atom is 0.324 e. The van der Waals surface area contributed by atoms with Gasteiger partial charge in [-0.25, -0.2) is 0 Å². The largest absolute Gasteiger partial charge is 0.480 e. The minimum absolute atomic E-state index is 0.0203. The second kappa shape index (κ2) is 9.71. The predicted molar refractivity (Wildman–Crippen MR) is 107 cm³/mol. The van der Waals surface area contributed by atoms with Crippen molar-refractivity contribution in [1.82, 2.24) is 0 Å². The molecule has 0 bridgehead atoms. The maximum atomic E-state index is 12.1. The Balaban J connectivity index is 3.11. The Morgan fingerprint density at radius 1 is 1.03 bits per heavy atom. The molecule has 30 heavy (non-hydrogen) atoms. The van der Waals surface area contributed by atoms with Gasteiger partial charge in [0.15, 0.2) is 11.5 Å². The third-order valence-corrected chi connectivity index (χ3v) is 4.03. The highest BCUT2D eigenvalue weighted by atomic mass is 16.6. The van der Waals surface area contributed by atoms with Gasteiger partial charge in [-0.15, -0.1) is 0 Å². The summed E-state index contributed by atoms with van der Waals surface area (Å²) in [5, 5.41) is 9.70. The summed E-state index contributed by atoms with van der Waals surface area (Å²) in [7, 11) is 0. The molecule has 0 fully saturated rings. The topological polar surface area (TPSA) is 142 Å². The fourth-order valence-electron chi connectivity index (χ4n) is 2.65. The van der Waals surface area contributed by atoms with Gasteiger partial charge in [0.1, 0.15) is 11.6 Å². The van der Waals surface area contributed by atoms with Crippen LogP contribution < -0.4 is 15.2 Å². The smallest absolute Gasteiger partial charge is 0.324 e. The molecule has 0 saturated heterocycles. The van der Waals surface area contributed by atoms with Gasteiger partial charge < -0.3 is 25.1 Å². The molecule has 9 heteroatoms. The maximum absolute atomic E-state index is 12.1. The number of carbonyl (C=O) groups excluding carboxylic acids is 3. The van der Waals surface area contributed by atoms with Crippen molar-refractivity contribution < 1.29 is 38.5 Å². The van der Waals surface area contributed by atoms with Crippen molar-refractivity contribution in [2.75, 3.05) is 0 Å². The third-order valence-electron chi connectivity index (χ3n) is 4.03. The van der Waals surface area contributed by atoms with E-state index < -0.39 is 40.9 Å². The van der Waals surface area contributed by atoms with Crippen LogP contribution in [0.15, 0.2) is 18.2 Å². The summed E-state index contributed by atoms with van der Waals surface area (Å²) in [6.45, 7) is 9.02. The molecule has 3 N–H and O–H groups in total. The van der Waals surface area contributed by atoms with Crippen LogP contribution in [0.3, 0.4) is 0 Å². The first kappa shape index (κ1) is 25.1. The third kappa shape index (κ3) is 7.47. The highest BCUT2D eigenvalue weighted by molar-refractivity contribution is 5.80. The summed E-state index contributed by atoms with van der Waals surface area (Å²) in [5.41, 5.74) is 4.08. The van der Waals surface area contributed by atoms with E-state index in [4.69, 9.17) is 19.9 Å². The van der Waals surface area contributed by atoms with Crippen molar-refractivity contribution in [2.24, 2.45) is 11.1 Å². The number of ether oxygens (including phenoxy) is 3. The quantitative estimate of drug-likeness (QED) is 0.475. The first-order valence-electron chi connectivity index (χ1n) is 9.37. The van der Waals surface area contributed by atoms with Gasteiger partial charge in [0, 0.05) is 26.7 Å². The number of benzene rings is 1.